The third kappa shape index (κ3) is 3.13. The molecule has 1 saturated heterocycles. The maximum Gasteiger partial charge on any atom is 0.341 e. The number of morpholine rings is 1. The van der Waals surface area contributed by atoms with Crippen LogP contribution in [0.25, 0.3) is 0 Å². The molecule has 0 radical (unpaired) electrons. The van der Waals surface area contributed by atoms with Crippen LogP contribution in [0, 0.1) is 0 Å². The second kappa shape index (κ2) is 6.16. The molecule has 0 spiro atoms. The Morgan fingerprint density at radius 1 is 1.63 bits per heavy atom. The van der Waals surface area contributed by atoms with Gasteiger partial charge in [0.2, 0.25) is 0 Å². The SMILES string of the molecule is CCOC(=O)c1cnn(C)c1CN1CCOCC1C. The van der Waals surface area contributed by atoms with Gasteiger partial charge in [-0.05, 0) is 13.8 Å². The van der Waals surface area contributed by atoms with E-state index in [9.17, 15) is 4.79 Å². The summed E-state index contributed by atoms with van der Waals surface area (Å²) in [7, 11) is 1.85. The predicted octanol–water partition coefficient (Wildman–Crippen LogP) is 0.818. The smallest absolute Gasteiger partial charge is 0.341 e. The lowest BCUT2D eigenvalue weighted by Gasteiger charge is -2.33. The first-order valence-electron chi connectivity index (χ1n) is 6.63. The molecule has 1 aliphatic rings. The zero-order chi connectivity index (χ0) is 13.8. The molecule has 0 saturated carbocycles. The lowest BCUT2D eigenvalue weighted by molar-refractivity contribution is -0.00558. The first-order valence-corrected chi connectivity index (χ1v) is 6.63. The minimum absolute atomic E-state index is 0.300. The van der Waals surface area contributed by atoms with Crippen LogP contribution in [0.4, 0.5) is 0 Å². The van der Waals surface area contributed by atoms with Crippen molar-refractivity contribution in [3.05, 3.63) is 17.5 Å². The Labute approximate surface area is 113 Å². The number of hydrogen-bond acceptors (Lipinski definition) is 5. The second-order valence-electron chi connectivity index (χ2n) is 4.74. The lowest BCUT2D eigenvalue weighted by Crippen LogP contribution is -2.43. The number of carbonyl (C=O) groups is 1. The molecular formula is C13H21N3O3. The summed E-state index contributed by atoms with van der Waals surface area (Å²) in [5, 5.41) is 4.17. The van der Waals surface area contributed by atoms with Crippen LogP contribution in [0.3, 0.4) is 0 Å². The molecule has 1 aliphatic heterocycles. The molecule has 1 fully saturated rings. The average Bonchev–Trinajstić information content (AvgIpc) is 2.74. The Morgan fingerprint density at radius 2 is 2.42 bits per heavy atom. The molecule has 2 rings (SSSR count). The molecular weight excluding hydrogens is 246 g/mol. The van der Waals surface area contributed by atoms with E-state index < -0.39 is 0 Å². The molecule has 0 bridgehead atoms. The molecule has 0 amide bonds. The topological polar surface area (TPSA) is 56.6 Å². The van der Waals surface area contributed by atoms with Gasteiger partial charge in [-0.1, -0.05) is 0 Å². The fourth-order valence-electron chi connectivity index (χ4n) is 2.22. The van der Waals surface area contributed by atoms with Crippen LogP contribution >= 0.6 is 0 Å². The van der Waals surface area contributed by atoms with Gasteiger partial charge in [0.25, 0.3) is 0 Å². The maximum atomic E-state index is 11.9. The number of aryl methyl sites for hydroxylation is 1. The second-order valence-corrected chi connectivity index (χ2v) is 4.74. The molecule has 6 nitrogen and oxygen atoms in total. The van der Waals surface area contributed by atoms with Crippen LogP contribution in [0.1, 0.15) is 29.9 Å². The van der Waals surface area contributed by atoms with Crippen LogP contribution in [-0.4, -0.2) is 53.1 Å². The summed E-state index contributed by atoms with van der Waals surface area (Å²) in [5.41, 5.74) is 1.45. The van der Waals surface area contributed by atoms with Crippen molar-refractivity contribution in [1.82, 2.24) is 14.7 Å². The van der Waals surface area contributed by atoms with Gasteiger partial charge in [-0.2, -0.15) is 5.10 Å². The van der Waals surface area contributed by atoms with E-state index in [0.29, 0.717) is 24.8 Å². The molecule has 6 heteroatoms. The monoisotopic (exact) mass is 267 g/mol. The molecule has 1 unspecified atom stereocenters. The van der Waals surface area contributed by atoms with Gasteiger partial charge in [-0.3, -0.25) is 9.58 Å². The number of carbonyl (C=O) groups excluding carboxylic acids is 1. The fourth-order valence-corrected chi connectivity index (χ4v) is 2.22. The van der Waals surface area contributed by atoms with Gasteiger partial charge in [0.15, 0.2) is 0 Å². The van der Waals surface area contributed by atoms with Crippen LogP contribution in [0.5, 0.6) is 0 Å². The Balaban J connectivity index is 2.14. The standard InChI is InChI=1S/C13H21N3O3/c1-4-19-13(17)11-7-14-15(3)12(11)8-16-5-6-18-9-10(16)2/h7,10H,4-6,8-9H2,1-3H3. The molecule has 0 aliphatic carbocycles. The highest BCUT2D eigenvalue weighted by molar-refractivity contribution is 5.90. The summed E-state index contributed by atoms with van der Waals surface area (Å²) < 4.78 is 12.2. The van der Waals surface area contributed by atoms with Crippen LogP contribution in [0.15, 0.2) is 6.20 Å². The van der Waals surface area contributed by atoms with Gasteiger partial charge in [0.05, 0.1) is 31.7 Å². The highest BCUT2D eigenvalue weighted by Crippen LogP contribution is 2.16. The van der Waals surface area contributed by atoms with Crippen molar-refractivity contribution in [2.45, 2.75) is 26.4 Å². The van der Waals surface area contributed by atoms with E-state index in [4.69, 9.17) is 9.47 Å². The number of nitrogens with zero attached hydrogens (tertiary/aromatic N) is 3. The first kappa shape index (κ1) is 14.0. The minimum atomic E-state index is -0.300. The lowest BCUT2D eigenvalue weighted by atomic mass is 10.2. The van der Waals surface area contributed by atoms with Gasteiger partial charge < -0.3 is 9.47 Å². The predicted molar refractivity (Wildman–Crippen MR) is 69.9 cm³/mol. The zero-order valence-corrected chi connectivity index (χ0v) is 11.8. The van der Waals surface area contributed by atoms with Crippen molar-refractivity contribution in [3.8, 4) is 0 Å². The van der Waals surface area contributed by atoms with Gasteiger partial charge in [0.1, 0.15) is 5.56 Å². The zero-order valence-electron chi connectivity index (χ0n) is 11.8. The Bertz CT molecular complexity index is 444. The van der Waals surface area contributed by atoms with Crippen molar-refractivity contribution >= 4 is 5.97 Å². The Kier molecular flexibility index (Phi) is 4.55. The van der Waals surface area contributed by atoms with E-state index >= 15 is 0 Å². The van der Waals surface area contributed by atoms with Crippen molar-refractivity contribution in [2.24, 2.45) is 7.05 Å². The van der Waals surface area contributed by atoms with E-state index in [0.717, 1.165) is 25.5 Å². The Morgan fingerprint density at radius 3 is 3.11 bits per heavy atom. The molecule has 106 valence electrons. The summed E-state index contributed by atoms with van der Waals surface area (Å²) in [6.45, 7) is 7.33. The summed E-state index contributed by atoms with van der Waals surface area (Å²) >= 11 is 0. The molecule has 1 atom stereocenters. The summed E-state index contributed by atoms with van der Waals surface area (Å²) in [4.78, 5) is 14.2. The molecule has 19 heavy (non-hydrogen) atoms. The van der Waals surface area contributed by atoms with E-state index in [1.54, 1.807) is 17.8 Å². The van der Waals surface area contributed by atoms with Gasteiger partial charge in [0, 0.05) is 26.2 Å². The third-order valence-electron chi connectivity index (χ3n) is 3.42. The first-order chi connectivity index (χ1) is 9.13. The average molecular weight is 267 g/mol. The summed E-state index contributed by atoms with van der Waals surface area (Å²) in [6, 6.07) is 0.346. The van der Waals surface area contributed by atoms with Crippen molar-refractivity contribution in [2.75, 3.05) is 26.4 Å². The van der Waals surface area contributed by atoms with E-state index in [1.165, 1.54) is 0 Å². The highest BCUT2D eigenvalue weighted by Gasteiger charge is 2.24. The Hall–Kier alpha value is -1.40. The van der Waals surface area contributed by atoms with Crippen LogP contribution < -0.4 is 0 Å². The number of esters is 1. The van der Waals surface area contributed by atoms with Gasteiger partial charge in [-0.25, -0.2) is 4.79 Å². The molecule has 1 aromatic heterocycles. The normalized spacial score (nSPS) is 20.5. The summed E-state index contributed by atoms with van der Waals surface area (Å²) in [6.07, 6.45) is 1.58. The number of hydrogen-bond donors (Lipinski definition) is 0. The number of aromatic nitrogens is 2. The number of ether oxygens (including phenoxy) is 2. The largest absolute Gasteiger partial charge is 0.462 e. The van der Waals surface area contributed by atoms with Gasteiger partial charge >= 0.3 is 5.97 Å². The fraction of sp³-hybridized carbons (Fsp3) is 0.692. The van der Waals surface area contributed by atoms with Crippen molar-refractivity contribution < 1.29 is 14.3 Å². The van der Waals surface area contributed by atoms with E-state index in [2.05, 4.69) is 16.9 Å². The minimum Gasteiger partial charge on any atom is -0.462 e. The van der Waals surface area contributed by atoms with Crippen LogP contribution in [0.2, 0.25) is 0 Å². The number of rotatable bonds is 4. The highest BCUT2D eigenvalue weighted by atomic mass is 16.5. The van der Waals surface area contributed by atoms with E-state index in [-0.39, 0.29) is 5.97 Å². The van der Waals surface area contributed by atoms with Crippen molar-refractivity contribution in [3.63, 3.8) is 0 Å². The summed E-state index contributed by atoms with van der Waals surface area (Å²) in [5.74, 6) is -0.300. The van der Waals surface area contributed by atoms with E-state index in [1.807, 2.05) is 7.05 Å². The molecule has 0 N–H and O–H groups in total. The van der Waals surface area contributed by atoms with Gasteiger partial charge in [-0.15, -0.1) is 0 Å². The van der Waals surface area contributed by atoms with Crippen LogP contribution in [-0.2, 0) is 23.1 Å². The van der Waals surface area contributed by atoms with Crippen molar-refractivity contribution in [1.29, 1.82) is 0 Å². The molecule has 1 aromatic rings. The third-order valence-corrected chi connectivity index (χ3v) is 3.42. The quantitative estimate of drug-likeness (QED) is 0.756. The molecule has 0 aromatic carbocycles. The maximum absolute atomic E-state index is 11.9. The molecule has 2 heterocycles.